The summed E-state index contributed by atoms with van der Waals surface area (Å²) in [5.74, 6) is -1.42. The van der Waals surface area contributed by atoms with Gasteiger partial charge in [-0.25, -0.2) is 9.18 Å². The van der Waals surface area contributed by atoms with Gasteiger partial charge in [-0.3, -0.25) is 4.79 Å². The van der Waals surface area contributed by atoms with Gasteiger partial charge in [0.1, 0.15) is 5.82 Å². The molecule has 0 radical (unpaired) electrons. The van der Waals surface area contributed by atoms with Crippen LogP contribution >= 0.6 is 11.3 Å². The van der Waals surface area contributed by atoms with E-state index >= 15 is 0 Å². The second kappa shape index (κ2) is 8.09. The topological polar surface area (TPSA) is 55.4 Å². The van der Waals surface area contributed by atoms with Gasteiger partial charge >= 0.3 is 5.97 Å². The molecule has 0 spiro atoms. The van der Waals surface area contributed by atoms with Gasteiger partial charge in [-0.05, 0) is 35.2 Å². The van der Waals surface area contributed by atoms with Crippen LogP contribution in [0.15, 0.2) is 47.9 Å². The first-order valence-electron chi connectivity index (χ1n) is 6.53. The monoisotopic (exact) mass is 319 g/mol. The Morgan fingerprint density at radius 1 is 1.27 bits per heavy atom. The van der Waals surface area contributed by atoms with Gasteiger partial charge in [0.15, 0.2) is 6.61 Å². The molecule has 1 amide bonds. The quantitative estimate of drug-likeness (QED) is 0.658. The molecule has 1 aromatic heterocycles. The van der Waals surface area contributed by atoms with Crippen molar-refractivity contribution in [1.29, 1.82) is 0 Å². The fraction of sp³-hybridized carbons (Fsp3) is 0.125. The maximum absolute atomic E-state index is 12.9. The number of hydrogen-bond acceptors (Lipinski definition) is 4. The van der Waals surface area contributed by atoms with Crippen LogP contribution in [0.1, 0.15) is 10.4 Å². The Bertz CT molecular complexity index is 668. The number of rotatable bonds is 6. The summed E-state index contributed by atoms with van der Waals surface area (Å²) in [5, 5.41) is 4.56. The van der Waals surface area contributed by atoms with Gasteiger partial charge < -0.3 is 10.1 Å². The number of nitrogens with one attached hydrogen (secondary N) is 1. The standard InChI is InChI=1S/C16H14FNO3S/c17-13-4-1-3-12(9-13)6-7-16(20)21-11-15(19)18-10-14-5-2-8-22-14/h1-9H,10-11H2,(H,18,19)/b7-6+. The third-order valence-corrected chi connectivity index (χ3v) is 3.52. The number of amides is 1. The van der Waals surface area contributed by atoms with Gasteiger partial charge in [0.05, 0.1) is 6.54 Å². The van der Waals surface area contributed by atoms with E-state index in [2.05, 4.69) is 5.32 Å². The van der Waals surface area contributed by atoms with E-state index in [4.69, 9.17) is 4.74 Å². The van der Waals surface area contributed by atoms with Gasteiger partial charge in [0.25, 0.3) is 5.91 Å². The normalized spacial score (nSPS) is 10.6. The molecule has 2 rings (SSSR count). The second-order valence-corrected chi connectivity index (χ2v) is 5.38. The van der Waals surface area contributed by atoms with Crippen LogP contribution in [0.3, 0.4) is 0 Å². The van der Waals surface area contributed by atoms with Crippen molar-refractivity contribution < 1.29 is 18.7 Å². The first-order chi connectivity index (χ1) is 10.6. The molecule has 0 aliphatic carbocycles. The van der Waals surface area contributed by atoms with Crippen molar-refractivity contribution >= 4 is 29.3 Å². The van der Waals surface area contributed by atoms with Crippen LogP contribution in [-0.2, 0) is 20.9 Å². The van der Waals surface area contributed by atoms with E-state index in [1.807, 2.05) is 17.5 Å². The van der Waals surface area contributed by atoms with Crippen LogP contribution in [0.2, 0.25) is 0 Å². The van der Waals surface area contributed by atoms with Crippen LogP contribution in [0, 0.1) is 5.82 Å². The van der Waals surface area contributed by atoms with Crippen LogP contribution in [0.25, 0.3) is 6.08 Å². The fourth-order valence-corrected chi connectivity index (χ4v) is 2.25. The molecule has 114 valence electrons. The highest BCUT2D eigenvalue weighted by Crippen LogP contribution is 2.07. The van der Waals surface area contributed by atoms with Crippen LogP contribution in [0.5, 0.6) is 0 Å². The number of hydrogen-bond donors (Lipinski definition) is 1. The Kier molecular flexibility index (Phi) is 5.85. The lowest BCUT2D eigenvalue weighted by Crippen LogP contribution is -2.27. The van der Waals surface area contributed by atoms with Crippen molar-refractivity contribution in [2.75, 3.05) is 6.61 Å². The Hall–Kier alpha value is -2.47. The molecule has 0 saturated carbocycles. The summed E-state index contributed by atoms with van der Waals surface area (Å²) in [5.41, 5.74) is 0.541. The third-order valence-electron chi connectivity index (χ3n) is 2.65. The van der Waals surface area contributed by atoms with Crippen molar-refractivity contribution in [1.82, 2.24) is 5.32 Å². The Morgan fingerprint density at radius 3 is 2.86 bits per heavy atom. The summed E-state index contributed by atoms with van der Waals surface area (Å²) >= 11 is 1.53. The smallest absolute Gasteiger partial charge is 0.331 e. The molecule has 1 N–H and O–H groups in total. The Labute approximate surface area is 131 Å². The lowest BCUT2D eigenvalue weighted by molar-refractivity contribution is -0.143. The van der Waals surface area contributed by atoms with E-state index in [9.17, 15) is 14.0 Å². The molecule has 0 fully saturated rings. The highest BCUT2D eigenvalue weighted by molar-refractivity contribution is 7.09. The molecular weight excluding hydrogens is 305 g/mol. The summed E-state index contributed by atoms with van der Waals surface area (Å²) < 4.78 is 17.7. The molecule has 0 atom stereocenters. The lowest BCUT2D eigenvalue weighted by Gasteiger charge is -2.03. The number of carbonyl (C=O) groups is 2. The number of ether oxygens (including phenoxy) is 1. The number of esters is 1. The van der Waals surface area contributed by atoms with Crippen LogP contribution in [-0.4, -0.2) is 18.5 Å². The van der Waals surface area contributed by atoms with E-state index in [0.717, 1.165) is 11.0 Å². The highest BCUT2D eigenvalue weighted by Gasteiger charge is 2.05. The maximum Gasteiger partial charge on any atom is 0.331 e. The first-order valence-corrected chi connectivity index (χ1v) is 7.41. The van der Waals surface area contributed by atoms with E-state index in [1.54, 1.807) is 12.1 Å². The van der Waals surface area contributed by atoms with E-state index in [0.29, 0.717) is 12.1 Å². The average Bonchev–Trinajstić information content (AvgIpc) is 3.02. The molecule has 0 unspecified atom stereocenters. The molecule has 22 heavy (non-hydrogen) atoms. The van der Waals surface area contributed by atoms with E-state index < -0.39 is 5.97 Å². The molecule has 6 heteroatoms. The number of benzene rings is 1. The molecule has 0 bridgehead atoms. The van der Waals surface area contributed by atoms with E-state index in [-0.39, 0.29) is 18.3 Å². The Balaban J connectivity index is 1.71. The zero-order valence-corrected chi connectivity index (χ0v) is 12.4. The molecule has 0 saturated heterocycles. The van der Waals surface area contributed by atoms with Crippen LogP contribution < -0.4 is 5.32 Å². The average molecular weight is 319 g/mol. The zero-order chi connectivity index (χ0) is 15.8. The van der Waals surface area contributed by atoms with Crippen molar-refractivity contribution in [3.63, 3.8) is 0 Å². The van der Waals surface area contributed by atoms with Gasteiger partial charge in [0, 0.05) is 11.0 Å². The van der Waals surface area contributed by atoms with Gasteiger partial charge in [-0.15, -0.1) is 11.3 Å². The van der Waals surface area contributed by atoms with Crippen molar-refractivity contribution in [3.8, 4) is 0 Å². The summed E-state index contributed by atoms with van der Waals surface area (Å²) in [7, 11) is 0. The van der Waals surface area contributed by atoms with Crippen molar-refractivity contribution in [2.45, 2.75) is 6.54 Å². The fourth-order valence-electron chi connectivity index (χ4n) is 1.61. The number of thiophene rings is 1. The van der Waals surface area contributed by atoms with Gasteiger partial charge in [0.2, 0.25) is 0 Å². The largest absolute Gasteiger partial charge is 0.452 e. The molecule has 0 aliphatic heterocycles. The third kappa shape index (κ3) is 5.49. The highest BCUT2D eigenvalue weighted by atomic mass is 32.1. The summed E-state index contributed by atoms with van der Waals surface area (Å²) in [6.45, 7) is 0.0604. The van der Waals surface area contributed by atoms with Crippen LogP contribution in [0.4, 0.5) is 4.39 Å². The maximum atomic E-state index is 12.9. The predicted molar refractivity (Wildman–Crippen MR) is 82.6 cm³/mol. The minimum atomic E-state index is -0.657. The summed E-state index contributed by atoms with van der Waals surface area (Å²) in [4.78, 5) is 24.0. The molecule has 1 aromatic carbocycles. The number of carbonyl (C=O) groups excluding carboxylic acids is 2. The lowest BCUT2D eigenvalue weighted by atomic mass is 10.2. The van der Waals surface area contributed by atoms with E-state index in [1.165, 1.54) is 29.5 Å². The van der Waals surface area contributed by atoms with Crippen molar-refractivity contribution in [3.05, 3.63) is 64.1 Å². The molecule has 0 aliphatic rings. The summed E-state index contributed by atoms with van der Waals surface area (Å²) in [6, 6.07) is 9.59. The molecular formula is C16H14FNO3S. The minimum absolute atomic E-state index is 0.350. The Morgan fingerprint density at radius 2 is 2.14 bits per heavy atom. The minimum Gasteiger partial charge on any atom is -0.452 e. The second-order valence-electron chi connectivity index (χ2n) is 4.35. The molecule has 4 nitrogen and oxygen atoms in total. The number of halogens is 1. The van der Waals surface area contributed by atoms with Gasteiger partial charge in [-0.1, -0.05) is 18.2 Å². The summed E-state index contributed by atoms with van der Waals surface area (Å²) in [6.07, 6.45) is 2.58. The molecule has 1 heterocycles. The van der Waals surface area contributed by atoms with Crippen molar-refractivity contribution in [2.24, 2.45) is 0 Å². The first kappa shape index (κ1) is 15.9. The predicted octanol–water partition coefficient (Wildman–Crippen LogP) is 2.76. The SMILES string of the molecule is O=C(COC(=O)/C=C/c1cccc(F)c1)NCc1cccs1. The molecule has 2 aromatic rings. The van der Waals surface area contributed by atoms with Gasteiger partial charge in [-0.2, -0.15) is 0 Å². The zero-order valence-electron chi connectivity index (χ0n) is 11.6.